The maximum Gasteiger partial charge on any atom is 0.0961 e. The number of pyridine rings is 1. The van der Waals surface area contributed by atoms with Gasteiger partial charge >= 0.3 is 0 Å². The minimum atomic E-state index is -0.725. The van der Waals surface area contributed by atoms with Gasteiger partial charge in [-0.2, -0.15) is 0 Å². The summed E-state index contributed by atoms with van der Waals surface area (Å²) in [6, 6.07) is 8.81. The number of aliphatic hydroxyl groups is 2. The molecule has 2 aromatic rings. The normalized spacial score (nSPS) is 48.1. The fourth-order valence-electron chi connectivity index (χ4n) is 9.88. The van der Waals surface area contributed by atoms with Crippen LogP contribution in [0, 0.1) is 22.7 Å². The van der Waals surface area contributed by atoms with Crippen molar-refractivity contribution in [1.29, 1.82) is 0 Å². The summed E-state index contributed by atoms with van der Waals surface area (Å²) in [6.07, 6.45) is 13.2. The highest BCUT2D eigenvalue weighted by atomic mass is 16.5. The summed E-state index contributed by atoms with van der Waals surface area (Å²) >= 11 is 0. The molecule has 6 aliphatic rings. The van der Waals surface area contributed by atoms with Gasteiger partial charge in [0.05, 0.1) is 23.4 Å². The first-order valence-electron chi connectivity index (χ1n) is 13.7. The number of hydrogen-bond acceptors (Lipinski definition) is 5. The van der Waals surface area contributed by atoms with Gasteiger partial charge < -0.3 is 19.8 Å². The molecular formula is C31H36N2O3. The fourth-order valence-corrected chi connectivity index (χ4v) is 9.88. The van der Waals surface area contributed by atoms with Crippen LogP contribution in [0.1, 0.15) is 51.0 Å². The van der Waals surface area contributed by atoms with Crippen LogP contribution in [0.15, 0.2) is 54.4 Å². The van der Waals surface area contributed by atoms with Gasteiger partial charge in [-0.25, -0.2) is 0 Å². The Balaban J connectivity index is 1.21. The smallest absolute Gasteiger partial charge is 0.0961 e. The average Bonchev–Trinajstić information content (AvgIpc) is 3.40. The Kier molecular flexibility index (Phi) is 4.08. The number of fused-ring (bicyclic) bond motifs is 3. The highest BCUT2D eigenvalue weighted by Gasteiger charge is 2.84. The Morgan fingerprint density at radius 1 is 1.06 bits per heavy atom. The Labute approximate surface area is 212 Å². The first-order chi connectivity index (χ1) is 17.3. The lowest BCUT2D eigenvalue weighted by molar-refractivity contribution is -0.248. The molecule has 5 nitrogen and oxygen atoms in total. The monoisotopic (exact) mass is 484 g/mol. The van der Waals surface area contributed by atoms with Gasteiger partial charge in [-0.15, -0.1) is 0 Å². The minimum Gasteiger partial charge on any atom is -0.390 e. The quantitative estimate of drug-likeness (QED) is 0.621. The average molecular weight is 485 g/mol. The van der Waals surface area contributed by atoms with E-state index in [1.807, 2.05) is 26.5 Å². The SMILES string of the molecule is CN(C)C1CC23CCC4(O2)C(=CCC2(C)C(c5ccc6ccncc6c5)=CCC24)C2CC23C(O)C1O. The third-order valence-corrected chi connectivity index (χ3v) is 11.6. The van der Waals surface area contributed by atoms with Crippen LogP contribution in [-0.4, -0.2) is 63.6 Å². The van der Waals surface area contributed by atoms with Crippen molar-refractivity contribution in [2.75, 3.05) is 14.1 Å². The van der Waals surface area contributed by atoms with Gasteiger partial charge in [0.2, 0.25) is 0 Å². The number of aliphatic hydroxyl groups excluding tert-OH is 2. The zero-order chi connectivity index (χ0) is 24.7. The lowest BCUT2D eigenvalue weighted by Crippen LogP contribution is -2.67. The number of rotatable bonds is 2. The van der Waals surface area contributed by atoms with E-state index in [-0.39, 0.29) is 28.1 Å². The number of ether oxygens (including phenoxy) is 1. The molecule has 0 amide bonds. The maximum absolute atomic E-state index is 11.5. The molecule has 4 aliphatic carbocycles. The van der Waals surface area contributed by atoms with E-state index in [9.17, 15) is 10.2 Å². The lowest BCUT2D eigenvalue weighted by Gasteiger charge is -2.59. The highest BCUT2D eigenvalue weighted by Crippen LogP contribution is 2.81. The van der Waals surface area contributed by atoms with Crippen molar-refractivity contribution >= 4 is 16.3 Å². The van der Waals surface area contributed by atoms with Crippen LogP contribution in [0.3, 0.4) is 0 Å². The molecule has 0 radical (unpaired) electrons. The molecular weight excluding hydrogens is 448 g/mol. The summed E-state index contributed by atoms with van der Waals surface area (Å²) in [5, 5.41) is 25.0. The first-order valence-corrected chi connectivity index (χ1v) is 13.7. The summed E-state index contributed by atoms with van der Waals surface area (Å²) < 4.78 is 7.45. The molecule has 36 heavy (non-hydrogen) atoms. The van der Waals surface area contributed by atoms with Crippen LogP contribution in [0.4, 0.5) is 0 Å². The van der Waals surface area contributed by atoms with Crippen molar-refractivity contribution in [3.05, 3.63) is 59.9 Å². The second-order valence-electron chi connectivity index (χ2n) is 13.1. The molecule has 1 aromatic carbocycles. The topological polar surface area (TPSA) is 65.8 Å². The molecule has 2 aliphatic heterocycles. The third kappa shape index (κ3) is 2.32. The molecule has 2 N–H and O–H groups in total. The molecule has 4 fully saturated rings. The molecule has 1 aromatic heterocycles. The van der Waals surface area contributed by atoms with E-state index < -0.39 is 12.2 Å². The molecule has 9 atom stereocenters. The number of hydrogen-bond donors (Lipinski definition) is 2. The second kappa shape index (κ2) is 6.68. The van der Waals surface area contributed by atoms with Crippen LogP contribution >= 0.6 is 0 Å². The Bertz CT molecular complexity index is 1370. The van der Waals surface area contributed by atoms with E-state index in [4.69, 9.17) is 4.74 Å². The number of benzene rings is 1. The first kappa shape index (κ1) is 22.0. The molecule has 2 saturated carbocycles. The van der Waals surface area contributed by atoms with Crippen LogP contribution in [0.5, 0.6) is 0 Å². The number of aromatic nitrogens is 1. The predicted octanol–water partition coefficient (Wildman–Crippen LogP) is 4.34. The minimum absolute atomic E-state index is 0.0214. The van der Waals surface area contributed by atoms with Gasteiger partial charge in [0, 0.05) is 40.6 Å². The van der Waals surface area contributed by atoms with E-state index >= 15 is 0 Å². The zero-order valence-electron chi connectivity index (χ0n) is 21.4. The van der Waals surface area contributed by atoms with Gasteiger partial charge in [0.15, 0.2) is 0 Å². The molecule has 5 heteroatoms. The zero-order valence-corrected chi connectivity index (χ0v) is 21.4. The van der Waals surface area contributed by atoms with Crippen molar-refractivity contribution < 1.29 is 14.9 Å². The van der Waals surface area contributed by atoms with Crippen LogP contribution in [0.25, 0.3) is 16.3 Å². The third-order valence-electron chi connectivity index (χ3n) is 11.6. The Hall–Kier alpha value is -2.05. The molecule has 9 unspecified atom stereocenters. The van der Waals surface area contributed by atoms with Gasteiger partial charge in [0.1, 0.15) is 0 Å². The summed E-state index contributed by atoms with van der Waals surface area (Å²) in [5.41, 5.74) is 3.34. The number of likely N-dealkylation sites (N-methyl/N-ethyl adjacent to an activating group) is 1. The van der Waals surface area contributed by atoms with Gasteiger partial charge in [-0.3, -0.25) is 4.98 Å². The van der Waals surface area contributed by atoms with Crippen LogP contribution in [0.2, 0.25) is 0 Å². The van der Waals surface area contributed by atoms with E-state index in [2.05, 4.69) is 53.2 Å². The molecule has 3 spiro atoms. The molecule has 2 bridgehead atoms. The van der Waals surface area contributed by atoms with Gasteiger partial charge in [0.25, 0.3) is 0 Å². The standard InChI is InChI=1S/C31H36N2O3/c1-28-10-8-22-23-15-30(23)27(35)26(34)24(33(2)3)16-29(30)11-12-31(22,36-29)25(28)7-6-21(28)19-5-4-18-9-13-32-17-20(18)14-19/h4-6,8-9,13-14,17,23-27,34-35H,7,10-12,15-16H2,1-3H3. The van der Waals surface area contributed by atoms with Crippen LogP contribution < -0.4 is 0 Å². The maximum atomic E-state index is 11.5. The highest BCUT2D eigenvalue weighted by molar-refractivity contribution is 5.87. The van der Waals surface area contributed by atoms with Crippen LogP contribution in [-0.2, 0) is 4.74 Å². The number of allylic oxidation sites excluding steroid dienone is 3. The van der Waals surface area contributed by atoms with Crippen molar-refractivity contribution in [3.8, 4) is 0 Å². The second-order valence-corrected chi connectivity index (χ2v) is 13.1. The Morgan fingerprint density at radius 3 is 2.75 bits per heavy atom. The summed E-state index contributed by atoms with van der Waals surface area (Å²) in [5.74, 6) is 0.756. The molecule has 8 rings (SSSR count). The Morgan fingerprint density at radius 2 is 1.92 bits per heavy atom. The van der Waals surface area contributed by atoms with Gasteiger partial charge in [-0.1, -0.05) is 31.2 Å². The van der Waals surface area contributed by atoms with E-state index in [1.54, 1.807) is 0 Å². The van der Waals surface area contributed by atoms with Crippen molar-refractivity contribution in [2.24, 2.45) is 22.7 Å². The summed E-state index contributed by atoms with van der Waals surface area (Å²) in [6.45, 7) is 2.46. The van der Waals surface area contributed by atoms with E-state index in [0.717, 1.165) is 38.5 Å². The lowest BCUT2D eigenvalue weighted by atomic mass is 9.57. The summed E-state index contributed by atoms with van der Waals surface area (Å²) in [7, 11) is 4.03. The number of nitrogens with zero attached hydrogens (tertiary/aromatic N) is 2. The van der Waals surface area contributed by atoms with E-state index in [0.29, 0.717) is 11.8 Å². The molecule has 2 saturated heterocycles. The predicted molar refractivity (Wildman–Crippen MR) is 139 cm³/mol. The van der Waals surface area contributed by atoms with E-state index in [1.165, 1.54) is 27.5 Å². The largest absolute Gasteiger partial charge is 0.390 e. The van der Waals surface area contributed by atoms with Gasteiger partial charge in [-0.05, 0) is 92.8 Å². The molecule has 188 valence electrons. The van der Waals surface area contributed by atoms with Crippen molar-refractivity contribution in [3.63, 3.8) is 0 Å². The van der Waals surface area contributed by atoms with Crippen molar-refractivity contribution in [2.45, 2.75) is 74.9 Å². The van der Waals surface area contributed by atoms with Crippen molar-refractivity contribution in [1.82, 2.24) is 9.88 Å². The summed E-state index contributed by atoms with van der Waals surface area (Å²) in [4.78, 5) is 6.44. The molecule has 3 heterocycles. The fraction of sp³-hybridized carbons (Fsp3) is 0.581.